The third-order valence-electron chi connectivity index (χ3n) is 2.82. The summed E-state index contributed by atoms with van der Waals surface area (Å²) >= 11 is 0. The Labute approximate surface area is 107 Å². The van der Waals surface area contributed by atoms with Gasteiger partial charge in [0.2, 0.25) is 0 Å². The minimum Gasteiger partial charge on any atom is -0.330 e. The van der Waals surface area contributed by atoms with E-state index < -0.39 is 10.8 Å². The van der Waals surface area contributed by atoms with Crippen LogP contribution in [0, 0.1) is 5.92 Å². The normalized spacial score (nSPS) is 15.6. The smallest absolute Gasteiger partial charge is 0.0532 e. The van der Waals surface area contributed by atoms with E-state index in [0.717, 1.165) is 4.90 Å². The average Bonchev–Trinajstić information content (AvgIpc) is 2.27. The van der Waals surface area contributed by atoms with Crippen molar-refractivity contribution in [1.82, 2.24) is 0 Å². The predicted molar refractivity (Wildman–Crippen MR) is 74.6 cm³/mol. The Morgan fingerprint density at radius 3 is 2.18 bits per heavy atom. The van der Waals surface area contributed by atoms with Crippen LogP contribution in [-0.4, -0.2) is 16.5 Å². The maximum atomic E-state index is 12.0. The molecule has 1 aromatic rings. The maximum absolute atomic E-state index is 12.0. The third kappa shape index (κ3) is 4.25. The molecule has 1 rings (SSSR count). The summed E-state index contributed by atoms with van der Waals surface area (Å²) in [5, 5.41) is 0. The van der Waals surface area contributed by atoms with Gasteiger partial charge in [0.05, 0.1) is 10.8 Å². The van der Waals surface area contributed by atoms with Crippen molar-refractivity contribution in [2.24, 2.45) is 11.7 Å². The summed E-state index contributed by atoms with van der Waals surface area (Å²) in [5.74, 6) is 0.948. The summed E-state index contributed by atoms with van der Waals surface area (Å²) in [6.07, 6.45) is 0. The third-order valence-corrected chi connectivity index (χ3v) is 4.49. The van der Waals surface area contributed by atoms with E-state index in [4.69, 9.17) is 5.73 Å². The number of hydrogen-bond acceptors (Lipinski definition) is 2. The maximum Gasteiger partial charge on any atom is 0.0532 e. The van der Waals surface area contributed by atoms with Crippen LogP contribution in [0.1, 0.15) is 33.3 Å². The number of rotatable bonds is 4. The summed E-state index contributed by atoms with van der Waals surface area (Å²) in [5.41, 5.74) is 6.96. The topological polar surface area (TPSA) is 43.1 Å². The van der Waals surface area contributed by atoms with E-state index in [1.807, 2.05) is 19.1 Å². The first kappa shape index (κ1) is 14.4. The molecule has 96 valence electrons. The van der Waals surface area contributed by atoms with Crippen LogP contribution in [0.15, 0.2) is 29.2 Å². The molecule has 0 saturated heterocycles. The zero-order valence-corrected chi connectivity index (χ0v) is 12.0. The predicted octanol–water partition coefficient (Wildman–Crippen LogP) is 2.69. The van der Waals surface area contributed by atoms with Crippen LogP contribution in [0.2, 0.25) is 0 Å². The fraction of sp³-hybridized carbons (Fsp3) is 0.571. The summed E-state index contributed by atoms with van der Waals surface area (Å²) in [6.45, 7) is 9.15. The summed E-state index contributed by atoms with van der Waals surface area (Å²) in [6, 6.07) is 8.08. The lowest BCUT2D eigenvalue weighted by Gasteiger charge is -2.19. The molecule has 0 amide bonds. The van der Waals surface area contributed by atoms with Gasteiger partial charge in [-0.2, -0.15) is 0 Å². The molecule has 2 N–H and O–H groups in total. The van der Waals surface area contributed by atoms with Gasteiger partial charge in [0.1, 0.15) is 0 Å². The van der Waals surface area contributed by atoms with Crippen molar-refractivity contribution in [1.29, 1.82) is 0 Å². The van der Waals surface area contributed by atoms with E-state index in [-0.39, 0.29) is 5.41 Å². The number of nitrogens with two attached hydrogens (primary N) is 1. The molecule has 3 heteroatoms. The summed E-state index contributed by atoms with van der Waals surface area (Å²) in [7, 11) is -0.928. The van der Waals surface area contributed by atoms with Gasteiger partial charge in [-0.1, -0.05) is 39.8 Å². The van der Waals surface area contributed by atoms with E-state index >= 15 is 0 Å². The van der Waals surface area contributed by atoms with Crippen LogP contribution >= 0.6 is 0 Å². The Morgan fingerprint density at radius 2 is 1.76 bits per heavy atom. The highest BCUT2D eigenvalue weighted by atomic mass is 32.2. The second kappa shape index (κ2) is 5.78. The van der Waals surface area contributed by atoms with Crippen molar-refractivity contribution < 1.29 is 4.21 Å². The molecule has 0 radical (unpaired) electrons. The molecule has 1 aromatic carbocycles. The Balaban J connectivity index is 2.78. The molecule has 0 aliphatic carbocycles. The molecule has 0 aromatic heterocycles. The second-order valence-corrected chi connectivity index (χ2v) is 7.12. The molecule has 2 nitrogen and oxygen atoms in total. The average molecular weight is 253 g/mol. The van der Waals surface area contributed by atoms with Crippen molar-refractivity contribution in [2.75, 3.05) is 12.3 Å². The SMILES string of the molecule is CC(CN)CS(=O)c1ccc(C(C)(C)C)cc1. The van der Waals surface area contributed by atoms with Gasteiger partial charge in [0.25, 0.3) is 0 Å². The minimum absolute atomic E-state index is 0.143. The van der Waals surface area contributed by atoms with Gasteiger partial charge in [-0.3, -0.25) is 4.21 Å². The van der Waals surface area contributed by atoms with Crippen LogP contribution in [-0.2, 0) is 16.2 Å². The van der Waals surface area contributed by atoms with Gasteiger partial charge >= 0.3 is 0 Å². The fourth-order valence-corrected chi connectivity index (χ4v) is 2.81. The molecule has 0 aliphatic heterocycles. The molecule has 0 heterocycles. The summed E-state index contributed by atoms with van der Waals surface area (Å²) < 4.78 is 12.0. The quantitative estimate of drug-likeness (QED) is 0.896. The van der Waals surface area contributed by atoms with E-state index in [9.17, 15) is 4.21 Å². The van der Waals surface area contributed by atoms with Crippen molar-refractivity contribution >= 4 is 10.8 Å². The lowest BCUT2D eigenvalue weighted by Crippen LogP contribution is -2.18. The number of hydrogen-bond donors (Lipinski definition) is 1. The Bertz CT molecular complexity index is 378. The standard InChI is InChI=1S/C14H23NOS/c1-11(9-15)10-17(16)13-7-5-12(6-8-13)14(2,3)4/h5-8,11H,9-10,15H2,1-4H3. The Kier molecular flexibility index (Phi) is 4.90. The molecule has 0 saturated carbocycles. The van der Waals surface area contributed by atoms with Crippen molar-refractivity contribution in [3.63, 3.8) is 0 Å². The zero-order chi connectivity index (χ0) is 13.1. The van der Waals surface area contributed by atoms with Crippen LogP contribution in [0.25, 0.3) is 0 Å². The van der Waals surface area contributed by atoms with Crippen molar-refractivity contribution in [3.05, 3.63) is 29.8 Å². The zero-order valence-electron chi connectivity index (χ0n) is 11.2. The first-order valence-corrected chi connectivity index (χ1v) is 7.35. The van der Waals surface area contributed by atoms with Crippen molar-refractivity contribution in [2.45, 2.75) is 38.0 Å². The summed E-state index contributed by atoms with van der Waals surface area (Å²) in [4.78, 5) is 0.901. The molecule has 2 unspecified atom stereocenters. The van der Waals surface area contributed by atoms with E-state index in [0.29, 0.717) is 18.2 Å². The van der Waals surface area contributed by atoms with Crippen LogP contribution < -0.4 is 5.73 Å². The molecular formula is C14H23NOS. The molecule has 17 heavy (non-hydrogen) atoms. The van der Waals surface area contributed by atoms with E-state index in [1.54, 1.807) is 0 Å². The van der Waals surface area contributed by atoms with Gasteiger partial charge in [0, 0.05) is 10.6 Å². The van der Waals surface area contributed by atoms with Gasteiger partial charge in [-0.15, -0.1) is 0 Å². The van der Waals surface area contributed by atoms with E-state index in [2.05, 4.69) is 32.9 Å². The lowest BCUT2D eigenvalue weighted by atomic mass is 9.87. The van der Waals surface area contributed by atoms with Crippen LogP contribution in [0.3, 0.4) is 0 Å². The highest BCUT2D eigenvalue weighted by Crippen LogP contribution is 2.23. The first-order chi connectivity index (χ1) is 7.84. The van der Waals surface area contributed by atoms with Gasteiger partial charge in [-0.25, -0.2) is 0 Å². The van der Waals surface area contributed by atoms with Gasteiger partial charge < -0.3 is 5.73 Å². The Morgan fingerprint density at radius 1 is 1.24 bits per heavy atom. The van der Waals surface area contributed by atoms with Crippen molar-refractivity contribution in [3.8, 4) is 0 Å². The molecular weight excluding hydrogens is 230 g/mol. The molecule has 0 aliphatic rings. The highest BCUT2D eigenvalue weighted by molar-refractivity contribution is 7.85. The highest BCUT2D eigenvalue weighted by Gasteiger charge is 2.14. The monoisotopic (exact) mass is 253 g/mol. The van der Waals surface area contributed by atoms with Crippen LogP contribution in [0.4, 0.5) is 0 Å². The Hall–Kier alpha value is -0.670. The lowest BCUT2D eigenvalue weighted by molar-refractivity contribution is 0.589. The van der Waals surface area contributed by atoms with E-state index in [1.165, 1.54) is 5.56 Å². The first-order valence-electron chi connectivity index (χ1n) is 6.03. The molecule has 0 bridgehead atoms. The largest absolute Gasteiger partial charge is 0.330 e. The minimum atomic E-state index is -0.928. The molecule has 2 atom stereocenters. The second-order valence-electron chi connectivity index (χ2n) is 5.63. The number of benzene rings is 1. The molecule has 0 fully saturated rings. The van der Waals surface area contributed by atoms with Gasteiger partial charge in [-0.05, 0) is 35.6 Å². The van der Waals surface area contributed by atoms with Gasteiger partial charge in [0.15, 0.2) is 0 Å². The molecule has 0 spiro atoms. The van der Waals surface area contributed by atoms with Crippen LogP contribution in [0.5, 0.6) is 0 Å². The fourth-order valence-electron chi connectivity index (χ4n) is 1.53.